The molecule has 1 aromatic heterocycles. The van der Waals surface area contributed by atoms with E-state index >= 15 is 0 Å². The first-order valence-corrected chi connectivity index (χ1v) is 11.4. The first kappa shape index (κ1) is 28.2. The largest absolute Gasteiger partial charge is 0.503 e. The van der Waals surface area contributed by atoms with E-state index in [-0.39, 0.29) is 23.3 Å². The van der Waals surface area contributed by atoms with E-state index in [1.54, 1.807) is 24.3 Å². The van der Waals surface area contributed by atoms with Crippen molar-refractivity contribution in [1.82, 2.24) is 9.78 Å². The van der Waals surface area contributed by atoms with E-state index < -0.39 is 35.7 Å². The van der Waals surface area contributed by atoms with Crippen LogP contribution >= 0.6 is 15.9 Å². The summed E-state index contributed by atoms with van der Waals surface area (Å²) >= 11 is 2.97. The Labute approximate surface area is 209 Å². The number of aromatic nitrogens is 2. The molecule has 1 aromatic carbocycles. The maximum Gasteiger partial charge on any atom is 0.424 e. The van der Waals surface area contributed by atoms with Crippen LogP contribution in [0.15, 0.2) is 35.1 Å². The highest BCUT2D eigenvalue weighted by Gasteiger charge is 2.41. The number of carbonyl (C=O) groups is 2. The Morgan fingerprint density at radius 3 is 2.49 bits per heavy atom. The number of benzene rings is 1. The molecule has 192 valence electrons. The third-order valence-electron chi connectivity index (χ3n) is 4.77. The van der Waals surface area contributed by atoms with Crippen molar-refractivity contribution in [1.29, 1.82) is 0 Å². The van der Waals surface area contributed by atoms with Crippen molar-refractivity contribution in [2.75, 3.05) is 14.2 Å². The summed E-state index contributed by atoms with van der Waals surface area (Å²) in [5.74, 6) is -1.89. The van der Waals surface area contributed by atoms with Gasteiger partial charge in [0.05, 0.1) is 27.0 Å². The van der Waals surface area contributed by atoms with Crippen molar-refractivity contribution in [3.63, 3.8) is 0 Å². The van der Waals surface area contributed by atoms with Crippen molar-refractivity contribution in [3.05, 3.63) is 51.8 Å². The van der Waals surface area contributed by atoms with Gasteiger partial charge in [-0.25, -0.2) is 4.79 Å². The topological polar surface area (TPSA) is 88.9 Å². The first-order chi connectivity index (χ1) is 16.5. The van der Waals surface area contributed by atoms with Crippen LogP contribution in [0.2, 0.25) is 0 Å². The molecule has 8 nitrogen and oxygen atoms in total. The van der Waals surface area contributed by atoms with Crippen LogP contribution in [0.25, 0.3) is 5.57 Å². The Bertz CT molecular complexity index is 1070. The molecule has 0 N–H and O–H groups in total. The maximum absolute atomic E-state index is 13.9. The summed E-state index contributed by atoms with van der Waals surface area (Å²) in [6.07, 6.45) is -3.16. The third-order valence-corrected chi connectivity index (χ3v) is 5.58. The normalized spacial score (nSPS) is 12.7. The highest BCUT2D eigenvalue weighted by Crippen LogP contribution is 2.41. The highest BCUT2D eigenvalue weighted by molar-refractivity contribution is 9.10. The van der Waals surface area contributed by atoms with E-state index in [2.05, 4.69) is 21.0 Å². The van der Waals surface area contributed by atoms with E-state index in [4.69, 9.17) is 18.9 Å². The molecular weight excluding hydrogens is 537 g/mol. The molecule has 2 aromatic rings. The zero-order valence-corrected chi connectivity index (χ0v) is 21.2. The predicted octanol–water partition coefficient (Wildman–Crippen LogP) is 5.14. The molecule has 0 amide bonds. The van der Waals surface area contributed by atoms with Crippen molar-refractivity contribution in [3.8, 4) is 5.88 Å². The highest BCUT2D eigenvalue weighted by atomic mass is 79.9. The summed E-state index contributed by atoms with van der Waals surface area (Å²) < 4.78 is 62.7. The van der Waals surface area contributed by atoms with E-state index in [1.165, 1.54) is 27.4 Å². The van der Waals surface area contributed by atoms with Crippen LogP contribution in [0.1, 0.15) is 43.4 Å². The van der Waals surface area contributed by atoms with Crippen LogP contribution in [0, 0.1) is 0 Å². The molecule has 1 unspecified atom stereocenters. The Morgan fingerprint density at radius 1 is 1.23 bits per heavy atom. The van der Waals surface area contributed by atoms with Gasteiger partial charge < -0.3 is 18.9 Å². The third kappa shape index (κ3) is 7.48. The van der Waals surface area contributed by atoms with E-state index in [9.17, 15) is 22.8 Å². The molecule has 0 fully saturated rings. The van der Waals surface area contributed by atoms with Gasteiger partial charge in [-0.05, 0) is 33.5 Å². The minimum absolute atomic E-state index is 0.0701. The molecule has 35 heavy (non-hydrogen) atoms. The Kier molecular flexibility index (Phi) is 10.2. The monoisotopic (exact) mass is 562 g/mol. The number of halogens is 4. The van der Waals surface area contributed by atoms with Gasteiger partial charge in [0.2, 0.25) is 5.88 Å². The van der Waals surface area contributed by atoms with Crippen LogP contribution in [0.4, 0.5) is 13.2 Å². The fraction of sp³-hybridized carbons (Fsp3) is 0.435. The summed E-state index contributed by atoms with van der Waals surface area (Å²) in [5.41, 5.74) is -0.260. The van der Waals surface area contributed by atoms with Crippen molar-refractivity contribution < 1.29 is 41.7 Å². The molecule has 0 saturated heterocycles. The average molecular weight is 563 g/mol. The molecule has 1 heterocycles. The van der Waals surface area contributed by atoms with Gasteiger partial charge in [0.15, 0.2) is 5.56 Å². The average Bonchev–Trinajstić information content (AvgIpc) is 3.10. The van der Waals surface area contributed by atoms with E-state index in [1.807, 2.05) is 6.92 Å². The molecule has 0 bridgehead atoms. The summed E-state index contributed by atoms with van der Waals surface area (Å²) in [6, 6.07) is 6.49. The number of nitrogens with zero attached hydrogens (tertiary/aromatic N) is 2. The number of hydrogen-bond acceptors (Lipinski definition) is 7. The van der Waals surface area contributed by atoms with E-state index in [0.29, 0.717) is 24.0 Å². The molecule has 2 rings (SSSR count). The first-order valence-electron chi connectivity index (χ1n) is 10.6. The lowest BCUT2D eigenvalue weighted by Gasteiger charge is -2.16. The molecule has 0 aliphatic heterocycles. The predicted molar refractivity (Wildman–Crippen MR) is 123 cm³/mol. The molecule has 0 aliphatic carbocycles. The quantitative estimate of drug-likeness (QED) is 0.213. The number of ether oxygens (including phenoxy) is 4. The molecule has 0 aliphatic rings. The summed E-state index contributed by atoms with van der Waals surface area (Å²) in [6.45, 7) is 2.67. The van der Waals surface area contributed by atoms with Crippen LogP contribution in [0.5, 0.6) is 5.88 Å². The standard InChI is InChI=1S/C23H26BrF3N2O6/c1-5-8-16(35-14(2)30)11-29-20(24)19(23(25,26)27)21(28-29)34-12-15-9-6-7-10-17(15)18(13-32-3)22(31)33-4/h6-7,9-10,13,16H,5,8,11-12H2,1-4H3/b18-13+. The Hall–Kier alpha value is -3.02. The lowest BCUT2D eigenvalue weighted by atomic mass is 10.0. The second-order valence-corrected chi connectivity index (χ2v) is 8.13. The van der Waals surface area contributed by atoms with Gasteiger partial charge in [0, 0.05) is 6.92 Å². The molecule has 0 saturated carbocycles. The van der Waals surface area contributed by atoms with Gasteiger partial charge in [-0.15, -0.1) is 5.10 Å². The molecule has 0 radical (unpaired) electrons. The number of methoxy groups -OCH3 is 2. The molecular formula is C23H26BrF3N2O6. The Morgan fingerprint density at radius 2 is 1.91 bits per heavy atom. The van der Waals surface area contributed by atoms with Crippen LogP contribution < -0.4 is 4.74 Å². The van der Waals surface area contributed by atoms with Gasteiger partial charge in [-0.2, -0.15) is 13.2 Å². The fourth-order valence-corrected chi connectivity index (χ4v) is 3.94. The number of rotatable bonds is 11. The number of esters is 2. The molecule has 1 atom stereocenters. The van der Waals surface area contributed by atoms with Gasteiger partial charge >= 0.3 is 18.1 Å². The minimum atomic E-state index is -4.78. The van der Waals surface area contributed by atoms with E-state index in [0.717, 1.165) is 4.68 Å². The number of alkyl halides is 3. The van der Waals surface area contributed by atoms with Crippen LogP contribution in [0.3, 0.4) is 0 Å². The lowest BCUT2D eigenvalue weighted by molar-refractivity contribution is -0.147. The zero-order valence-electron chi connectivity index (χ0n) is 19.6. The van der Waals surface area contributed by atoms with Crippen LogP contribution in [-0.2, 0) is 43.1 Å². The zero-order chi connectivity index (χ0) is 26.2. The van der Waals surface area contributed by atoms with Gasteiger partial charge in [0.25, 0.3) is 0 Å². The summed E-state index contributed by atoms with van der Waals surface area (Å²) in [7, 11) is 2.55. The molecule has 0 spiro atoms. The molecule has 12 heteroatoms. The smallest absolute Gasteiger partial charge is 0.424 e. The number of carbonyl (C=O) groups excluding carboxylic acids is 2. The van der Waals surface area contributed by atoms with Crippen molar-refractivity contribution >= 4 is 33.4 Å². The fourth-order valence-electron chi connectivity index (χ4n) is 3.32. The maximum atomic E-state index is 13.9. The second kappa shape index (κ2) is 12.6. The number of hydrogen-bond donors (Lipinski definition) is 0. The van der Waals surface area contributed by atoms with Crippen molar-refractivity contribution in [2.45, 2.75) is 52.1 Å². The lowest BCUT2D eigenvalue weighted by Crippen LogP contribution is -2.23. The van der Waals surface area contributed by atoms with Crippen LogP contribution in [-0.4, -0.2) is 42.0 Å². The second-order valence-electron chi connectivity index (χ2n) is 7.38. The minimum Gasteiger partial charge on any atom is -0.503 e. The summed E-state index contributed by atoms with van der Waals surface area (Å²) in [4.78, 5) is 23.6. The van der Waals surface area contributed by atoms with Gasteiger partial charge in [-0.3, -0.25) is 9.48 Å². The van der Waals surface area contributed by atoms with Crippen molar-refractivity contribution in [2.24, 2.45) is 0 Å². The SMILES string of the molecule is CCCC(Cn1nc(OCc2ccccc2/C(=C\OC)C(=O)OC)c(C(F)(F)F)c1Br)OC(C)=O. The summed E-state index contributed by atoms with van der Waals surface area (Å²) in [5, 5.41) is 3.99. The Balaban J connectivity index is 2.41. The van der Waals surface area contributed by atoms with Gasteiger partial charge in [0.1, 0.15) is 22.9 Å². The van der Waals surface area contributed by atoms with Gasteiger partial charge in [-0.1, -0.05) is 37.6 Å².